The fourth-order valence-electron chi connectivity index (χ4n) is 2.00. The standard InChI is InChI=1S/C17H22N4O4S2/c1-9(2)4-6-19-17-20-12(8-27-17)16(24)25-10(3)14(23)21-15-11(13(18)22)5-7-26-15/h5,7-10H,4,6H2,1-3H3,(H2,18,22)(H,19,20)(H,21,23)/t10-/m1/s1. The summed E-state index contributed by atoms with van der Waals surface area (Å²) in [6.07, 6.45) is -0.0635. The number of hydrogen-bond donors (Lipinski definition) is 3. The molecule has 0 bridgehead atoms. The van der Waals surface area contributed by atoms with Crippen molar-refractivity contribution in [3.05, 3.63) is 28.1 Å². The van der Waals surface area contributed by atoms with Crippen LogP contribution < -0.4 is 16.4 Å². The summed E-state index contributed by atoms with van der Waals surface area (Å²) in [7, 11) is 0. The Morgan fingerprint density at radius 3 is 2.67 bits per heavy atom. The third kappa shape index (κ3) is 6.04. The van der Waals surface area contributed by atoms with E-state index in [1.54, 1.807) is 10.8 Å². The lowest BCUT2D eigenvalue weighted by Crippen LogP contribution is -2.30. The fraction of sp³-hybridized carbons (Fsp3) is 0.412. The fourth-order valence-corrected chi connectivity index (χ4v) is 3.51. The molecular weight excluding hydrogens is 388 g/mol. The van der Waals surface area contributed by atoms with E-state index in [4.69, 9.17) is 10.5 Å². The van der Waals surface area contributed by atoms with Crippen LogP contribution in [0, 0.1) is 5.92 Å². The molecule has 0 aliphatic carbocycles. The number of hydrogen-bond acceptors (Lipinski definition) is 8. The van der Waals surface area contributed by atoms with Crippen molar-refractivity contribution in [2.75, 3.05) is 17.2 Å². The molecule has 27 heavy (non-hydrogen) atoms. The molecule has 0 saturated carbocycles. The van der Waals surface area contributed by atoms with Crippen molar-refractivity contribution in [3.63, 3.8) is 0 Å². The van der Waals surface area contributed by atoms with Gasteiger partial charge in [0.25, 0.3) is 11.8 Å². The average Bonchev–Trinajstić information content (AvgIpc) is 3.23. The van der Waals surface area contributed by atoms with Gasteiger partial charge in [0.2, 0.25) is 0 Å². The van der Waals surface area contributed by atoms with Gasteiger partial charge in [0.15, 0.2) is 16.9 Å². The molecule has 2 heterocycles. The molecule has 0 aliphatic heterocycles. The first-order chi connectivity index (χ1) is 12.8. The predicted molar refractivity (Wildman–Crippen MR) is 106 cm³/mol. The largest absolute Gasteiger partial charge is 0.448 e. The Kier molecular flexibility index (Phi) is 7.31. The number of thiazole rings is 1. The van der Waals surface area contributed by atoms with Crippen LogP contribution in [0.4, 0.5) is 10.1 Å². The minimum absolute atomic E-state index is 0.139. The van der Waals surface area contributed by atoms with Crippen LogP contribution in [0.5, 0.6) is 0 Å². The van der Waals surface area contributed by atoms with Crippen LogP contribution in [0.3, 0.4) is 0 Å². The number of primary amides is 1. The van der Waals surface area contributed by atoms with Gasteiger partial charge >= 0.3 is 5.97 Å². The first-order valence-corrected chi connectivity index (χ1v) is 10.1. The molecule has 0 radical (unpaired) electrons. The number of thiophene rings is 1. The molecule has 10 heteroatoms. The maximum Gasteiger partial charge on any atom is 0.358 e. The number of esters is 1. The van der Waals surface area contributed by atoms with Gasteiger partial charge in [-0.05, 0) is 30.7 Å². The van der Waals surface area contributed by atoms with Crippen LogP contribution in [-0.2, 0) is 9.53 Å². The van der Waals surface area contributed by atoms with E-state index in [0.717, 1.165) is 24.3 Å². The molecule has 0 aliphatic rings. The summed E-state index contributed by atoms with van der Waals surface area (Å²) in [5, 5.41) is 9.86. The maximum absolute atomic E-state index is 12.2. The Bertz CT molecular complexity index is 815. The number of ether oxygens (including phenoxy) is 1. The molecule has 2 amide bonds. The molecule has 4 N–H and O–H groups in total. The first kappa shape index (κ1) is 20.8. The second kappa shape index (κ2) is 9.47. The maximum atomic E-state index is 12.2. The second-order valence-electron chi connectivity index (χ2n) is 6.21. The molecule has 0 fully saturated rings. The summed E-state index contributed by atoms with van der Waals surface area (Å²) in [5.74, 6) is -1.32. The van der Waals surface area contributed by atoms with E-state index < -0.39 is 23.9 Å². The van der Waals surface area contributed by atoms with Crippen molar-refractivity contribution in [2.45, 2.75) is 33.3 Å². The van der Waals surface area contributed by atoms with Crippen LogP contribution in [0.2, 0.25) is 0 Å². The third-order valence-electron chi connectivity index (χ3n) is 3.53. The van der Waals surface area contributed by atoms with E-state index in [0.29, 0.717) is 16.1 Å². The van der Waals surface area contributed by atoms with Crippen molar-refractivity contribution in [3.8, 4) is 0 Å². The van der Waals surface area contributed by atoms with Crippen molar-refractivity contribution >= 4 is 50.6 Å². The number of anilines is 2. The second-order valence-corrected chi connectivity index (χ2v) is 7.99. The molecule has 146 valence electrons. The molecule has 0 saturated heterocycles. The lowest BCUT2D eigenvalue weighted by molar-refractivity contribution is -0.123. The molecule has 2 rings (SSSR count). The summed E-state index contributed by atoms with van der Waals surface area (Å²) in [4.78, 5) is 39.8. The Morgan fingerprint density at radius 1 is 1.26 bits per heavy atom. The Labute approximate surface area is 165 Å². The highest BCUT2D eigenvalue weighted by Gasteiger charge is 2.22. The van der Waals surface area contributed by atoms with E-state index >= 15 is 0 Å². The van der Waals surface area contributed by atoms with Crippen molar-refractivity contribution < 1.29 is 19.1 Å². The summed E-state index contributed by atoms with van der Waals surface area (Å²) in [6.45, 7) is 6.46. The van der Waals surface area contributed by atoms with Gasteiger partial charge in [0, 0.05) is 11.9 Å². The molecule has 0 unspecified atom stereocenters. The molecule has 2 aromatic heterocycles. The summed E-state index contributed by atoms with van der Waals surface area (Å²) in [6, 6.07) is 1.52. The van der Waals surface area contributed by atoms with E-state index in [1.165, 1.54) is 24.3 Å². The molecule has 2 aromatic rings. The highest BCUT2D eigenvalue weighted by Crippen LogP contribution is 2.23. The zero-order valence-electron chi connectivity index (χ0n) is 15.3. The number of amides is 2. The van der Waals surface area contributed by atoms with Gasteiger partial charge in [-0.15, -0.1) is 22.7 Å². The summed E-state index contributed by atoms with van der Waals surface area (Å²) in [5.41, 5.74) is 5.59. The number of aromatic nitrogens is 1. The topological polar surface area (TPSA) is 123 Å². The summed E-state index contributed by atoms with van der Waals surface area (Å²) >= 11 is 2.46. The zero-order valence-corrected chi connectivity index (χ0v) is 16.9. The molecular formula is C17H22N4O4S2. The molecule has 1 atom stereocenters. The smallest absolute Gasteiger partial charge is 0.358 e. The van der Waals surface area contributed by atoms with Crippen LogP contribution in [-0.4, -0.2) is 35.4 Å². The highest BCUT2D eigenvalue weighted by molar-refractivity contribution is 7.14. The van der Waals surface area contributed by atoms with Crippen LogP contribution >= 0.6 is 22.7 Å². The van der Waals surface area contributed by atoms with Crippen molar-refractivity contribution in [2.24, 2.45) is 11.7 Å². The number of nitrogens with one attached hydrogen (secondary N) is 2. The van der Waals surface area contributed by atoms with Gasteiger partial charge < -0.3 is 21.1 Å². The van der Waals surface area contributed by atoms with Gasteiger partial charge in [0.05, 0.1) is 5.56 Å². The zero-order chi connectivity index (χ0) is 20.0. The molecule has 0 spiro atoms. The quantitative estimate of drug-likeness (QED) is 0.546. The van der Waals surface area contributed by atoms with Gasteiger partial charge in [-0.1, -0.05) is 13.8 Å². The first-order valence-electron chi connectivity index (χ1n) is 8.36. The average molecular weight is 411 g/mol. The van der Waals surface area contributed by atoms with E-state index in [2.05, 4.69) is 29.5 Å². The van der Waals surface area contributed by atoms with Gasteiger partial charge in [-0.3, -0.25) is 9.59 Å². The summed E-state index contributed by atoms with van der Waals surface area (Å²) < 4.78 is 5.16. The lowest BCUT2D eigenvalue weighted by atomic mass is 10.1. The molecule has 0 aromatic carbocycles. The van der Waals surface area contributed by atoms with Gasteiger partial charge in [-0.2, -0.15) is 0 Å². The van der Waals surface area contributed by atoms with Crippen LogP contribution in [0.1, 0.15) is 48.0 Å². The van der Waals surface area contributed by atoms with Crippen molar-refractivity contribution in [1.29, 1.82) is 0 Å². The van der Waals surface area contributed by atoms with E-state index in [9.17, 15) is 14.4 Å². The predicted octanol–water partition coefficient (Wildman–Crippen LogP) is 2.95. The Hall–Kier alpha value is -2.46. The Morgan fingerprint density at radius 2 is 2.00 bits per heavy atom. The van der Waals surface area contributed by atoms with Crippen molar-refractivity contribution in [1.82, 2.24) is 4.98 Å². The number of carbonyl (C=O) groups is 3. The minimum atomic E-state index is -1.06. The van der Waals surface area contributed by atoms with Crippen LogP contribution in [0.15, 0.2) is 16.8 Å². The van der Waals surface area contributed by atoms with E-state index in [1.807, 2.05) is 0 Å². The number of nitrogens with two attached hydrogens (primary N) is 1. The number of carbonyl (C=O) groups excluding carboxylic acids is 3. The molecule has 8 nitrogen and oxygen atoms in total. The van der Waals surface area contributed by atoms with Crippen LogP contribution in [0.25, 0.3) is 0 Å². The number of nitrogens with zero attached hydrogens (tertiary/aromatic N) is 1. The minimum Gasteiger partial charge on any atom is -0.448 e. The monoisotopic (exact) mass is 410 g/mol. The highest BCUT2D eigenvalue weighted by atomic mass is 32.1. The van der Waals surface area contributed by atoms with Gasteiger partial charge in [-0.25, -0.2) is 9.78 Å². The SMILES string of the molecule is CC(C)CCNc1nc(C(=O)O[C@H](C)C(=O)Nc2sccc2C(N)=O)cs1. The Balaban J connectivity index is 1.89. The van der Waals surface area contributed by atoms with Gasteiger partial charge in [0.1, 0.15) is 5.00 Å². The lowest BCUT2D eigenvalue weighted by Gasteiger charge is -2.12. The third-order valence-corrected chi connectivity index (χ3v) is 5.16. The van der Waals surface area contributed by atoms with E-state index in [-0.39, 0.29) is 11.3 Å². The number of rotatable bonds is 9. The normalized spacial score (nSPS) is 11.9.